The van der Waals surface area contributed by atoms with Crippen LogP contribution in [-0.4, -0.2) is 15.0 Å². The van der Waals surface area contributed by atoms with Gasteiger partial charge in [-0.1, -0.05) is 127 Å². The zero-order valence-corrected chi connectivity index (χ0v) is 29.2. The monoisotopic (exact) mass is 669 g/mol. The first-order valence-corrected chi connectivity index (χ1v) is 19.0. The maximum atomic E-state index is 5.25. The standard InChI is InChI=1S/C49H39N3/c1-2-10-37-25-39(17-16-34(37)8-1)46-50-47(52-48(51-46)44-15-7-12-35-9-3-5-13-42(35)44)40-26-38-11-4-6-14-43(38)45(27-40)36-18-20-41(21-19-36)49-28-31-22-32(29-49)24-33(23-31)30-49/h1-21,25-27,31-33H,22-24,28-30H2/t31-,32+,33-,49?. The first-order valence-electron chi connectivity index (χ1n) is 19.0. The summed E-state index contributed by atoms with van der Waals surface area (Å²) < 4.78 is 0. The van der Waals surface area contributed by atoms with Crippen LogP contribution < -0.4 is 0 Å². The van der Waals surface area contributed by atoms with Crippen LogP contribution >= 0.6 is 0 Å². The van der Waals surface area contributed by atoms with Gasteiger partial charge in [0.1, 0.15) is 0 Å². The lowest BCUT2D eigenvalue weighted by atomic mass is 9.48. The Morgan fingerprint density at radius 2 is 0.923 bits per heavy atom. The Hall–Kier alpha value is -5.67. The zero-order valence-electron chi connectivity index (χ0n) is 29.2. The predicted molar refractivity (Wildman–Crippen MR) is 214 cm³/mol. The molecule has 4 aliphatic rings. The molecule has 3 heteroatoms. The average molecular weight is 670 g/mol. The van der Waals surface area contributed by atoms with E-state index in [2.05, 4.69) is 146 Å². The molecule has 1 aromatic heterocycles. The maximum Gasteiger partial charge on any atom is 0.164 e. The summed E-state index contributed by atoms with van der Waals surface area (Å²) in [4.78, 5) is 15.6. The van der Waals surface area contributed by atoms with Crippen LogP contribution in [0.2, 0.25) is 0 Å². The van der Waals surface area contributed by atoms with E-state index in [9.17, 15) is 0 Å². The van der Waals surface area contributed by atoms with Crippen molar-refractivity contribution in [2.24, 2.45) is 17.8 Å². The molecule has 7 aromatic carbocycles. The molecule has 0 aliphatic heterocycles. The van der Waals surface area contributed by atoms with E-state index in [-0.39, 0.29) is 0 Å². The molecule has 52 heavy (non-hydrogen) atoms. The number of fused-ring (bicyclic) bond motifs is 3. The maximum absolute atomic E-state index is 5.25. The van der Waals surface area contributed by atoms with Gasteiger partial charge in [-0.15, -0.1) is 0 Å². The summed E-state index contributed by atoms with van der Waals surface area (Å²) in [5.74, 6) is 4.84. The lowest BCUT2D eigenvalue weighted by Crippen LogP contribution is -2.48. The van der Waals surface area contributed by atoms with E-state index in [0.29, 0.717) is 22.9 Å². The number of hydrogen-bond acceptors (Lipinski definition) is 3. The summed E-state index contributed by atoms with van der Waals surface area (Å²) in [6.45, 7) is 0. The van der Waals surface area contributed by atoms with Crippen LogP contribution in [0.1, 0.15) is 44.1 Å². The molecule has 0 spiro atoms. The Balaban J connectivity index is 1.07. The van der Waals surface area contributed by atoms with Crippen LogP contribution in [-0.2, 0) is 5.41 Å². The molecule has 0 radical (unpaired) electrons. The zero-order chi connectivity index (χ0) is 34.2. The molecule has 0 atom stereocenters. The highest BCUT2D eigenvalue weighted by molar-refractivity contribution is 6.00. The normalized spacial score (nSPS) is 22.0. The van der Waals surface area contributed by atoms with Gasteiger partial charge >= 0.3 is 0 Å². The Morgan fingerprint density at radius 1 is 0.385 bits per heavy atom. The van der Waals surface area contributed by atoms with Crippen LogP contribution in [0.3, 0.4) is 0 Å². The second-order valence-corrected chi connectivity index (χ2v) is 15.9. The first-order chi connectivity index (χ1) is 25.6. The Morgan fingerprint density at radius 3 is 1.65 bits per heavy atom. The van der Waals surface area contributed by atoms with Gasteiger partial charge in [0.25, 0.3) is 0 Å². The fourth-order valence-corrected chi connectivity index (χ4v) is 10.6. The summed E-state index contributed by atoms with van der Waals surface area (Å²) >= 11 is 0. The minimum atomic E-state index is 0.388. The van der Waals surface area contributed by atoms with E-state index in [1.807, 2.05) is 0 Å². The van der Waals surface area contributed by atoms with Gasteiger partial charge in [0.2, 0.25) is 0 Å². The molecule has 3 nitrogen and oxygen atoms in total. The fourth-order valence-electron chi connectivity index (χ4n) is 10.6. The van der Waals surface area contributed by atoms with E-state index >= 15 is 0 Å². The molecule has 4 saturated carbocycles. The minimum Gasteiger partial charge on any atom is -0.208 e. The van der Waals surface area contributed by atoms with Crippen LogP contribution in [0.15, 0.2) is 146 Å². The number of benzene rings is 7. The largest absolute Gasteiger partial charge is 0.208 e. The van der Waals surface area contributed by atoms with Gasteiger partial charge in [-0.05, 0) is 129 Å². The van der Waals surface area contributed by atoms with Crippen molar-refractivity contribution in [2.75, 3.05) is 0 Å². The van der Waals surface area contributed by atoms with Crippen molar-refractivity contribution >= 4 is 32.3 Å². The molecule has 4 fully saturated rings. The highest BCUT2D eigenvalue weighted by Gasteiger charge is 2.51. The quantitative estimate of drug-likeness (QED) is 0.183. The number of rotatable bonds is 5. The van der Waals surface area contributed by atoms with Crippen molar-refractivity contribution in [1.82, 2.24) is 15.0 Å². The highest BCUT2D eigenvalue weighted by atomic mass is 15.0. The van der Waals surface area contributed by atoms with Crippen LogP contribution in [0.25, 0.3) is 77.6 Å². The van der Waals surface area contributed by atoms with E-state index in [1.165, 1.54) is 76.6 Å². The van der Waals surface area contributed by atoms with Gasteiger partial charge in [0.05, 0.1) is 0 Å². The molecule has 12 rings (SSSR count). The van der Waals surface area contributed by atoms with Crippen LogP contribution in [0.5, 0.6) is 0 Å². The third-order valence-corrected chi connectivity index (χ3v) is 12.6. The molecule has 1 heterocycles. The molecular weight excluding hydrogens is 631 g/mol. The number of hydrogen-bond donors (Lipinski definition) is 0. The minimum absolute atomic E-state index is 0.388. The Bertz CT molecular complexity index is 2630. The van der Waals surface area contributed by atoms with Gasteiger partial charge in [-0.25, -0.2) is 15.0 Å². The second-order valence-electron chi connectivity index (χ2n) is 15.9. The van der Waals surface area contributed by atoms with Crippen LogP contribution in [0.4, 0.5) is 0 Å². The van der Waals surface area contributed by atoms with E-state index in [0.717, 1.165) is 39.8 Å². The lowest BCUT2D eigenvalue weighted by Gasteiger charge is -2.57. The predicted octanol–water partition coefficient (Wildman–Crippen LogP) is 12.5. The van der Waals surface area contributed by atoms with Crippen molar-refractivity contribution < 1.29 is 0 Å². The SMILES string of the molecule is c1ccc2cc(-c3nc(-c4cc(-c5ccc(C67C[C@H]8C[C@@H](C6)C[C@@H](C7)C8)cc5)c5ccccc5c4)nc(-c4cccc5ccccc45)n3)ccc2c1. The third kappa shape index (κ3) is 4.98. The summed E-state index contributed by atoms with van der Waals surface area (Å²) in [6, 6.07) is 52.8. The van der Waals surface area contributed by atoms with Crippen molar-refractivity contribution in [3.63, 3.8) is 0 Å². The summed E-state index contributed by atoms with van der Waals surface area (Å²) in [5.41, 5.74) is 7.38. The fraction of sp³-hybridized carbons (Fsp3) is 0.204. The molecule has 4 bridgehead atoms. The molecule has 8 aromatic rings. The van der Waals surface area contributed by atoms with Gasteiger partial charge in [-0.3, -0.25) is 0 Å². The summed E-state index contributed by atoms with van der Waals surface area (Å²) in [5, 5.41) is 7.08. The van der Waals surface area contributed by atoms with Gasteiger partial charge in [0.15, 0.2) is 17.5 Å². The van der Waals surface area contributed by atoms with E-state index < -0.39 is 0 Å². The molecule has 0 N–H and O–H groups in total. The molecule has 0 unspecified atom stereocenters. The Kier molecular flexibility index (Phi) is 6.74. The van der Waals surface area contributed by atoms with Crippen molar-refractivity contribution in [2.45, 2.75) is 43.9 Å². The summed E-state index contributed by atoms with van der Waals surface area (Å²) in [6.07, 6.45) is 8.56. The van der Waals surface area contributed by atoms with Gasteiger partial charge in [-0.2, -0.15) is 0 Å². The average Bonchev–Trinajstić information content (AvgIpc) is 3.19. The van der Waals surface area contributed by atoms with Crippen molar-refractivity contribution in [1.29, 1.82) is 0 Å². The van der Waals surface area contributed by atoms with Crippen molar-refractivity contribution in [3.05, 3.63) is 151 Å². The van der Waals surface area contributed by atoms with Crippen molar-refractivity contribution in [3.8, 4) is 45.3 Å². The Labute approximate surface area is 304 Å². The highest BCUT2D eigenvalue weighted by Crippen LogP contribution is 2.60. The van der Waals surface area contributed by atoms with Gasteiger partial charge < -0.3 is 0 Å². The molecule has 0 saturated heterocycles. The third-order valence-electron chi connectivity index (χ3n) is 12.6. The van der Waals surface area contributed by atoms with Crippen LogP contribution in [0, 0.1) is 17.8 Å². The lowest BCUT2D eigenvalue weighted by molar-refractivity contribution is -0.00518. The number of nitrogens with zero attached hydrogens (tertiary/aromatic N) is 3. The second kappa shape index (κ2) is 11.7. The first kappa shape index (κ1) is 30.0. The van der Waals surface area contributed by atoms with Gasteiger partial charge in [0, 0.05) is 16.7 Å². The molecule has 0 amide bonds. The van der Waals surface area contributed by atoms with E-state index in [4.69, 9.17) is 15.0 Å². The molecule has 4 aliphatic carbocycles. The molecule has 250 valence electrons. The summed E-state index contributed by atoms with van der Waals surface area (Å²) in [7, 11) is 0. The molecular formula is C49H39N3. The smallest absolute Gasteiger partial charge is 0.164 e. The topological polar surface area (TPSA) is 38.7 Å². The van der Waals surface area contributed by atoms with E-state index in [1.54, 1.807) is 5.56 Å². The number of aromatic nitrogens is 3.